The summed E-state index contributed by atoms with van der Waals surface area (Å²) in [5, 5.41) is 32.3. The summed E-state index contributed by atoms with van der Waals surface area (Å²) in [4.78, 5) is 80.8. The number of amides is 6. The van der Waals surface area contributed by atoms with Crippen LogP contribution in [-0.2, 0) is 64.3 Å². The number of nitrogens with one attached hydrogen (secondary N) is 7. The Bertz CT molecular complexity index is 2410. The van der Waals surface area contributed by atoms with Crippen LogP contribution in [0.15, 0.2) is 54.6 Å². The molecule has 0 spiro atoms. The lowest BCUT2D eigenvalue weighted by Crippen LogP contribution is -2.58. The van der Waals surface area contributed by atoms with Gasteiger partial charge in [0.15, 0.2) is 0 Å². The number of sulfonamides is 1. The zero-order valence-electron chi connectivity index (χ0n) is 46.2. The molecule has 2 aromatic carbocycles. The lowest BCUT2D eigenvalue weighted by molar-refractivity contribution is -0.144. The summed E-state index contributed by atoms with van der Waals surface area (Å²) in [6.45, 7) is 9.86. The van der Waals surface area contributed by atoms with Crippen LogP contribution >= 0.6 is 23.5 Å². The molecule has 6 rings (SSSR count). The van der Waals surface area contributed by atoms with Gasteiger partial charge in [-0.15, -0.1) is 23.5 Å². The molecule has 4 saturated heterocycles. The van der Waals surface area contributed by atoms with Crippen molar-refractivity contribution in [3.05, 3.63) is 71.3 Å². The highest BCUT2D eigenvalue weighted by Crippen LogP contribution is 2.36. The number of β-amino-alcohol motifs (C(OH)–C–C–N with tert-alkyl or cyclic N) is 1. The maximum atomic E-state index is 14.0. The highest BCUT2D eigenvalue weighted by molar-refractivity contribution is 8.00. The first-order chi connectivity index (χ1) is 37.8. The van der Waals surface area contributed by atoms with Gasteiger partial charge in [-0.3, -0.25) is 34.1 Å². The van der Waals surface area contributed by atoms with E-state index in [1.54, 1.807) is 11.8 Å². The van der Waals surface area contributed by atoms with Crippen LogP contribution in [0.5, 0.6) is 0 Å². The summed E-state index contributed by atoms with van der Waals surface area (Å²) in [6, 6.07) is 16.7. The van der Waals surface area contributed by atoms with Gasteiger partial charge in [-0.25, -0.2) is 12.7 Å². The molecular weight excluding hydrogens is 1080 g/mol. The van der Waals surface area contributed by atoms with Gasteiger partial charge < -0.3 is 60.9 Å². The van der Waals surface area contributed by atoms with Crippen LogP contribution in [-0.4, -0.2) is 191 Å². The van der Waals surface area contributed by atoms with Gasteiger partial charge in [-0.05, 0) is 48.3 Å². The molecule has 440 valence electrons. The molecule has 0 radical (unpaired) electrons. The lowest BCUT2D eigenvalue weighted by atomic mass is 9.85. The molecule has 8 N–H and O–H groups in total. The summed E-state index contributed by atoms with van der Waals surface area (Å²) < 4.78 is 47.7. The van der Waals surface area contributed by atoms with Crippen LogP contribution in [0.3, 0.4) is 0 Å². The quantitative estimate of drug-likeness (QED) is 0.0495. The predicted octanol–water partition coefficient (Wildman–Crippen LogP) is 1.36. The molecule has 5 unspecified atom stereocenters. The van der Waals surface area contributed by atoms with Crippen molar-refractivity contribution in [3.8, 4) is 0 Å². The third-order valence-corrected chi connectivity index (χ3v) is 17.9. The third-order valence-electron chi connectivity index (χ3n) is 14.2. The van der Waals surface area contributed by atoms with E-state index < -0.39 is 57.3 Å². The van der Waals surface area contributed by atoms with Gasteiger partial charge in [0.2, 0.25) is 45.5 Å². The Hall–Kier alpha value is -4.41. The largest absolute Gasteiger partial charge is 0.391 e. The van der Waals surface area contributed by atoms with Crippen molar-refractivity contribution in [1.29, 1.82) is 0 Å². The molecule has 4 fully saturated rings. The summed E-state index contributed by atoms with van der Waals surface area (Å²) in [5.74, 6) is -1.47. The second kappa shape index (κ2) is 31.7. The smallest absolute Gasteiger partial charge is 0.246 e. The number of thioether (sulfide) groups is 2. The van der Waals surface area contributed by atoms with Crippen LogP contribution in [0.1, 0.15) is 87.8 Å². The molecule has 2 aromatic rings. The van der Waals surface area contributed by atoms with E-state index >= 15 is 0 Å². The first-order valence-corrected chi connectivity index (χ1v) is 31.2. The topological polar surface area (TPSA) is 284 Å². The molecule has 6 amide bonds. The molecule has 0 aromatic heterocycles. The van der Waals surface area contributed by atoms with Crippen molar-refractivity contribution >= 4 is 69.0 Å². The fourth-order valence-corrected chi connectivity index (χ4v) is 12.9. The van der Waals surface area contributed by atoms with E-state index in [0.717, 1.165) is 29.0 Å². The van der Waals surface area contributed by atoms with E-state index in [-0.39, 0.29) is 134 Å². The number of benzene rings is 2. The van der Waals surface area contributed by atoms with Crippen molar-refractivity contribution in [2.45, 2.75) is 107 Å². The molecule has 9 atom stereocenters. The predicted molar refractivity (Wildman–Crippen MR) is 301 cm³/mol. The molecule has 4 aliphatic heterocycles. The second-order valence-corrected chi connectivity index (χ2v) is 25.7. The van der Waals surface area contributed by atoms with Crippen molar-refractivity contribution < 1.29 is 61.2 Å². The molecule has 0 saturated carbocycles. The fraction of sp³-hybridized carbons (Fsp3) is 0.667. The van der Waals surface area contributed by atoms with Gasteiger partial charge >= 0.3 is 0 Å². The van der Waals surface area contributed by atoms with Crippen LogP contribution in [0.2, 0.25) is 0 Å². The maximum Gasteiger partial charge on any atom is 0.246 e. The SMILES string of the molecule is CC1NCSC1c1ccc(CNC(=O)[C@H]2C[C@@H](O)CN2C(=O)[C@@H](NC(=O)COCCOCCOCCNC(=O)CCCOCC[C@H](CNC(=O)C2CCN(S(C)(=O)=O)C2)C(=O)NC2NC(c3ccccc3)CS2)C(C)(C)C)cc1. The third kappa shape index (κ3) is 20.8. The van der Waals surface area contributed by atoms with Crippen molar-refractivity contribution in [1.82, 2.24) is 46.4 Å². The van der Waals surface area contributed by atoms with Crippen molar-refractivity contribution in [2.24, 2.45) is 17.3 Å². The van der Waals surface area contributed by atoms with E-state index in [4.69, 9.17) is 18.9 Å². The Kier molecular flexibility index (Phi) is 25.6. The van der Waals surface area contributed by atoms with Gasteiger partial charge in [0.05, 0.1) is 57.2 Å². The van der Waals surface area contributed by atoms with E-state index in [2.05, 4.69) is 56.3 Å². The summed E-state index contributed by atoms with van der Waals surface area (Å²) in [6.07, 6.45) is 1.73. The minimum atomic E-state index is -3.41. The summed E-state index contributed by atoms with van der Waals surface area (Å²) >= 11 is 3.45. The van der Waals surface area contributed by atoms with Crippen molar-refractivity contribution in [2.75, 3.05) is 103 Å². The molecule has 4 aliphatic rings. The van der Waals surface area contributed by atoms with E-state index in [9.17, 15) is 42.3 Å². The van der Waals surface area contributed by atoms with Crippen LogP contribution < -0.4 is 37.2 Å². The van der Waals surface area contributed by atoms with Crippen LogP contribution in [0, 0.1) is 17.3 Å². The Morgan fingerprint density at radius 1 is 0.823 bits per heavy atom. The van der Waals surface area contributed by atoms with Crippen molar-refractivity contribution in [3.63, 3.8) is 0 Å². The van der Waals surface area contributed by atoms with Crippen LogP contribution in [0.4, 0.5) is 0 Å². The number of likely N-dealkylation sites (tertiary alicyclic amines) is 1. The number of carbonyl (C=O) groups is 6. The average Bonchev–Trinajstić information content (AvgIpc) is 4.33. The van der Waals surface area contributed by atoms with E-state index in [0.29, 0.717) is 37.1 Å². The first-order valence-electron chi connectivity index (χ1n) is 27.3. The normalized spacial score (nSPS) is 23.3. The Morgan fingerprint density at radius 3 is 2.22 bits per heavy atom. The number of rotatable bonds is 31. The average molecular weight is 1160 g/mol. The number of hydrogen-bond donors (Lipinski definition) is 8. The Labute approximate surface area is 473 Å². The van der Waals surface area contributed by atoms with Gasteiger partial charge in [0.1, 0.15) is 24.2 Å². The Balaban J connectivity index is 0.791. The van der Waals surface area contributed by atoms with E-state index in [1.807, 2.05) is 75.0 Å². The van der Waals surface area contributed by atoms with Gasteiger partial charge in [-0.1, -0.05) is 75.4 Å². The summed E-state index contributed by atoms with van der Waals surface area (Å²) in [5.41, 5.74) is 2.22. The number of aliphatic hydroxyl groups is 1. The summed E-state index contributed by atoms with van der Waals surface area (Å²) in [7, 11) is -3.41. The first kappa shape index (κ1) is 63.8. The standard InChI is InChI=1S/C54H83N9O13S3/c1-36-47(78-35-58-36)39-15-13-37(14-16-39)29-56-51(69)44-28-42(64)32-63(44)52(70)48(54(2,3)4)60-46(66)33-76-27-26-75-25-24-74-23-19-55-45(65)12-9-21-73-22-18-40(30-57-49(67)41-17-20-62(31-41)79(5,71)72)50(68)61-53-59-43(34-77-53)38-10-7-6-8-11-38/h6-8,10-11,13-16,36,40-44,47-48,53,58-59,64H,9,12,17-35H2,1-5H3,(H,55,65)(H,56,69)(H,57,67)(H,60,66)(H,61,68)/t36?,40-,41?,42-,43?,44-,47?,48-,53?/m1/s1. The minimum absolute atomic E-state index is 0.0297. The number of nitrogens with zero attached hydrogens (tertiary/aromatic N) is 2. The van der Waals surface area contributed by atoms with Gasteiger partial charge in [0, 0.05) is 94.3 Å². The number of hydrogen-bond acceptors (Lipinski definition) is 17. The zero-order chi connectivity index (χ0) is 57.0. The number of ether oxygens (including phenoxy) is 4. The molecule has 79 heavy (non-hydrogen) atoms. The van der Waals surface area contributed by atoms with E-state index in [1.165, 1.54) is 14.8 Å². The van der Waals surface area contributed by atoms with Crippen LogP contribution in [0.25, 0.3) is 0 Å². The highest BCUT2D eigenvalue weighted by Gasteiger charge is 2.44. The fourth-order valence-electron chi connectivity index (χ4n) is 9.60. The Morgan fingerprint density at radius 2 is 1.53 bits per heavy atom. The molecule has 0 aliphatic carbocycles. The molecule has 22 nitrogen and oxygen atoms in total. The zero-order valence-corrected chi connectivity index (χ0v) is 48.7. The minimum Gasteiger partial charge on any atom is -0.391 e. The molecule has 4 heterocycles. The molecular formula is C54H83N9O13S3. The highest BCUT2D eigenvalue weighted by atomic mass is 32.2. The van der Waals surface area contributed by atoms with Gasteiger partial charge in [-0.2, -0.15) is 0 Å². The van der Waals surface area contributed by atoms with Gasteiger partial charge in [0.25, 0.3) is 0 Å². The number of carbonyl (C=O) groups excluding carboxylic acids is 6. The lowest BCUT2D eigenvalue weighted by Gasteiger charge is -2.35. The molecule has 25 heteroatoms. The maximum absolute atomic E-state index is 14.0. The monoisotopic (exact) mass is 1160 g/mol. The second-order valence-electron chi connectivity index (χ2n) is 21.5. The molecule has 0 bridgehead atoms. The number of aliphatic hydroxyl groups excluding tert-OH is 1.